The van der Waals surface area contributed by atoms with Gasteiger partial charge in [-0.25, -0.2) is 0 Å². The Morgan fingerprint density at radius 1 is 1.50 bits per heavy atom. The third kappa shape index (κ3) is 4.45. The summed E-state index contributed by atoms with van der Waals surface area (Å²) in [7, 11) is 0. The molecule has 6 heteroatoms. The number of nitrogens with one attached hydrogen (secondary N) is 2. The van der Waals surface area contributed by atoms with Crippen LogP contribution < -0.4 is 10.6 Å². The van der Waals surface area contributed by atoms with E-state index in [0.29, 0.717) is 28.4 Å². The number of halogens is 2. The van der Waals surface area contributed by atoms with E-state index in [2.05, 4.69) is 17.6 Å². The number of thioether (sulfide) groups is 1. The molecule has 0 spiro atoms. The average molecular weight is 300 g/mol. The molecular weight excluding hydrogens is 282 g/mol. The maximum atomic E-state index is 12.3. The zero-order valence-electron chi connectivity index (χ0n) is 11.2. The molecule has 0 radical (unpaired) electrons. The normalized spacial score (nSPS) is 22.8. The lowest BCUT2D eigenvalue weighted by Gasteiger charge is -2.27. The third-order valence-corrected chi connectivity index (χ3v) is 4.03. The molecule has 1 fully saturated rings. The van der Waals surface area contributed by atoms with E-state index in [9.17, 15) is 13.6 Å². The monoisotopic (exact) mass is 300 g/mol. The van der Waals surface area contributed by atoms with Crippen molar-refractivity contribution in [3.63, 3.8) is 0 Å². The number of benzene rings is 1. The highest BCUT2D eigenvalue weighted by molar-refractivity contribution is 7.99. The molecule has 0 bridgehead atoms. The van der Waals surface area contributed by atoms with E-state index in [1.165, 1.54) is 0 Å². The average Bonchev–Trinajstić information content (AvgIpc) is 2.38. The lowest BCUT2D eigenvalue weighted by atomic mass is 9.92. The van der Waals surface area contributed by atoms with Crippen LogP contribution >= 0.6 is 11.8 Å². The number of carbonyl (C=O) groups excluding carboxylic acids is 1. The van der Waals surface area contributed by atoms with Gasteiger partial charge in [0.15, 0.2) is 0 Å². The van der Waals surface area contributed by atoms with Gasteiger partial charge in [0.05, 0.1) is 0 Å². The van der Waals surface area contributed by atoms with Crippen molar-refractivity contribution in [2.45, 2.75) is 36.5 Å². The molecule has 1 saturated heterocycles. The zero-order chi connectivity index (χ0) is 14.5. The van der Waals surface area contributed by atoms with Gasteiger partial charge < -0.3 is 10.6 Å². The minimum Gasteiger partial charge on any atom is -0.326 e. The summed E-state index contributed by atoms with van der Waals surface area (Å²) >= 11 is 0.481. The molecule has 0 saturated carbocycles. The first kappa shape index (κ1) is 15.3. The summed E-state index contributed by atoms with van der Waals surface area (Å²) in [5.74, 6) is -2.50. The summed E-state index contributed by atoms with van der Waals surface area (Å²) in [4.78, 5) is 12.6. The molecule has 1 amide bonds. The maximum Gasteiger partial charge on any atom is 0.288 e. The number of hydrogen-bond acceptors (Lipinski definition) is 3. The van der Waals surface area contributed by atoms with Crippen LogP contribution in [0.4, 0.5) is 14.5 Å². The first-order valence-electron chi connectivity index (χ1n) is 6.63. The molecule has 1 aromatic carbocycles. The van der Waals surface area contributed by atoms with Crippen molar-refractivity contribution in [3.05, 3.63) is 24.3 Å². The highest BCUT2D eigenvalue weighted by Crippen LogP contribution is 2.27. The van der Waals surface area contributed by atoms with Gasteiger partial charge in [0, 0.05) is 22.5 Å². The van der Waals surface area contributed by atoms with E-state index in [0.717, 1.165) is 19.4 Å². The Morgan fingerprint density at radius 2 is 2.30 bits per heavy atom. The van der Waals surface area contributed by atoms with E-state index >= 15 is 0 Å². The van der Waals surface area contributed by atoms with Crippen molar-refractivity contribution in [1.82, 2.24) is 5.32 Å². The van der Waals surface area contributed by atoms with E-state index in [-0.39, 0.29) is 11.8 Å². The molecular formula is C14H18F2N2OS. The van der Waals surface area contributed by atoms with Crippen molar-refractivity contribution in [2.24, 2.45) is 5.92 Å². The molecule has 2 rings (SSSR count). The number of hydrogen-bond donors (Lipinski definition) is 2. The van der Waals surface area contributed by atoms with Crippen LogP contribution in [0.15, 0.2) is 29.2 Å². The standard InChI is InChI=1S/C14H18F2N2OS/c1-9-7-10(5-6-17-9)13(19)18-11-3-2-4-12(8-11)20-14(15)16/h2-4,8-10,14,17H,5-7H2,1H3,(H,18,19)/t9-,10-/m0/s1. The highest BCUT2D eigenvalue weighted by atomic mass is 32.2. The van der Waals surface area contributed by atoms with Crippen LogP contribution in [0.3, 0.4) is 0 Å². The predicted molar refractivity (Wildman–Crippen MR) is 77.1 cm³/mol. The quantitative estimate of drug-likeness (QED) is 0.838. The van der Waals surface area contributed by atoms with Crippen molar-refractivity contribution in [3.8, 4) is 0 Å². The van der Waals surface area contributed by atoms with Gasteiger partial charge in [-0.1, -0.05) is 17.8 Å². The Morgan fingerprint density at radius 3 is 3.00 bits per heavy atom. The Bertz CT molecular complexity index is 470. The summed E-state index contributed by atoms with van der Waals surface area (Å²) in [6, 6.07) is 6.92. The van der Waals surface area contributed by atoms with Gasteiger partial charge in [-0.05, 0) is 44.5 Å². The smallest absolute Gasteiger partial charge is 0.288 e. The Balaban J connectivity index is 1.96. The van der Waals surface area contributed by atoms with Gasteiger partial charge in [0.25, 0.3) is 5.76 Å². The minimum atomic E-state index is -2.45. The summed E-state index contributed by atoms with van der Waals surface area (Å²) in [5.41, 5.74) is 0.576. The number of rotatable bonds is 4. The van der Waals surface area contributed by atoms with E-state index in [4.69, 9.17) is 0 Å². The van der Waals surface area contributed by atoms with Crippen LogP contribution in [-0.2, 0) is 4.79 Å². The van der Waals surface area contributed by atoms with E-state index in [1.54, 1.807) is 24.3 Å². The number of carbonyl (C=O) groups is 1. The molecule has 20 heavy (non-hydrogen) atoms. The lowest BCUT2D eigenvalue weighted by Crippen LogP contribution is -2.40. The summed E-state index contributed by atoms with van der Waals surface area (Å²) in [6.07, 6.45) is 1.61. The van der Waals surface area contributed by atoms with Crippen molar-refractivity contribution < 1.29 is 13.6 Å². The maximum absolute atomic E-state index is 12.3. The number of amides is 1. The topological polar surface area (TPSA) is 41.1 Å². The SMILES string of the molecule is C[C@H]1C[C@@H](C(=O)Nc2cccc(SC(F)F)c2)CCN1. The molecule has 0 aromatic heterocycles. The van der Waals surface area contributed by atoms with Crippen LogP contribution in [0.5, 0.6) is 0 Å². The fraction of sp³-hybridized carbons (Fsp3) is 0.500. The lowest BCUT2D eigenvalue weighted by molar-refractivity contribution is -0.120. The number of anilines is 1. The van der Waals surface area contributed by atoms with Gasteiger partial charge in [-0.2, -0.15) is 8.78 Å². The van der Waals surface area contributed by atoms with Gasteiger partial charge >= 0.3 is 0 Å². The van der Waals surface area contributed by atoms with Crippen LogP contribution in [0.2, 0.25) is 0 Å². The third-order valence-electron chi connectivity index (χ3n) is 3.32. The highest BCUT2D eigenvalue weighted by Gasteiger charge is 2.24. The molecule has 1 aliphatic heterocycles. The molecule has 1 aliphatic rings. The Hall–Kier alpha value is -1.14. The molecule has 110 valence electrons. The summed E-state index contributed by atoms with van der Waals surface area (Å²) < 4.78 is 24.6. The molecule has 1 heterocycles. The minimum absolute atomic E-state index is 0.0161. The zero-order valence-corrected chi connectivity index (χ0v) is 12.1. The molecule has 2 N–H and O–H groups in total. The Kier molecular flexibility index (Phi) is 5.37. The van der Waals surface area contributed by atoms with Crippen LogP contribution in [0.25, 0.3) is 0 Å². The van der Waals surface area contributed by atoms with Gasteiger partial charge in [0.2, 0.25) is 5.91 Å². The van der Waals surface area contributed by atoms with Gasteiger partial charge in [-0.3, -0.25) is 4.79 Å². The van der Waals surface area contributed by atoms with Crippen LogP contribution in [0, 0.1) is 5.92 Å². The van der Waals surface area contributed by atoms with Crippen molar-refractivity contribution in [2.75, 3.05) is 11.9 Å². The fourth-order valence-corrected chi connectivity index (χ4v) is 2.92. The molecule has 1 aromatic rings. The number of piperidine rings is 1. The molecule has 3 nitrogen and oxygen atoms in total. The molecule has 2 atom stereocenters. The van der Waals surface area contributed by atoms with Crippen LogP contribution in [0.1, 0.15) is 19.8 Å². The molecule has 0 aliphatic carbocycles. The van der Waals surface area contributed by atoms with Crippen molar-refractivity contribution >= 4 is 23.4 Å². The van der Waals surface area contributed by atoms with E-state index in [1.807, 2.05) is 0 Å². The fourth-order valence-electron chi connectivity index (χ4n) is 2.36. The van der Waals surface area contributed by atoms with Crippen molar-refractivity contribution in [1.29, 1.82) is 0 Å². The molecule has 0 unspecified atom stereocenters. The first-order valence-corrected chi connectivity index (χ1v) is 7.51. The summed E-state index contributed by atoms with van der Waals surface area (Å²) in [6.45, 7) is 2.89. The predicted octanol–water partition coefficient (Wildman–Crippen LogP) is 3.33. The van der Waals surface area contributed by atoms with Gasteiger partial charge in [0.1, 0.15) is 0 Å². The second-order valence-electron chi connectivity index (χ2n) is 4.97. The second kappa shape index (κ2) is 7.04. The van der Waals surface area contributed by atoms with Gasteiger partial charge in [-0.15, -0.1) is 0 Å². The largest absolute Gasteiger partial charge is 0.326 e. The first-order chi connectivity index (χ1) is 9.54. The van der Waals surface area contributed by atoms with Crippen LogP contribution in [-0.4, -0.2) is 24.3 Å². The number of alkyl halides is 2. The second-order valence-corrected chi connectivity index (χ2v) is 6.04. The van der Waals surface area contributed by atoms with E-state index < -0.39 is 5.76 Å². The summed E-state index contributed by atoms with van der Waals surface area (Å²) in [5, 5.41) is 6.12. The Labute approximate surface area is 121 Å².